The van der Waals surface area contributed by atoms with E-state index in [0.29, 0.717) is 35.4 Å². The third kappa shape index (κ3) is 3.63. The van der Waals surface area contributed by atoms with Gasteiger partial charge >= 0.3 is 0 Å². The van der Waals surface area contributed by atoms with Crippen molar-refractivity contribution >= 4 is 11.9 Å². The summed E-state index contributed by atoms with van der Waals surface area (Å²) < 4.78 is 6.15. The van der Waals surface area contributed by atoms with E-state index in [-0.39, 0.29) is 5.92 Å². The number of nitrogens with zero attached hydrogens (tertiary/aromatic N) is 2. The van der Waals surface area contributed by atoms with Gasteiger partial charge in [0.05, 0.1) is 6.10 Å². The van der Waals surface area contributed by atoms with Crippen LogP contribution in [-0.2, 0) is 9.53 Å². The first-order chi connectivity index (χ1) is 14.7. The maximum absolute atomic E-state index is 12.9. The Hall–Kier alpha value is -1.30. The average molecular weight is 417 g/mol. The second-order valence-corrected chi connectivity index (χ2v) is 10.4. The number of guanidine groups is 1. The van der Waals surface area contributed by atoms with Gasteiger partial charge in [-0.05, 0) is 45.4 Å². The van der Waals surface area contributed by atoms with E-state index in [2.05, 4.69) is 22.5 Å². The largest absolute Gasteiger partial charge is 0.377 e. The molecule has 3 saturated carbocycles. The zero-order valence-corrected chi connectivity index (χ0v) is 18.7. The van der Waals surface area contributed by atoms with Gasteiger partial charge in [-0.1, -0.05) is 32.1 Å². The number of hydrogen-bond donors (Lipinski definition) is 2. The highest BCUT2D eigenvalue weighted by molar-refractivity contribution is 5.82. The van der Waals surface area contributed by atoms with Gasteiger partial charge in [0, 0.05) is 55.6 Å². The molecule has 2 heterocycles. The van der Waals surface area contributed by atoms with Crippen molar-refractivity contribution in [2.45, 2.75) is 95.7 Å². The van der Waals surface area contributed by atoms with E-state index < -0.39 is 0 Å². The summed E-state index contributed by atoms with van der Waals surface area (Å²) in [5.41, 5.74) is 0.329. The summed E-state index contributed by atoms with van der Waals surface area (Å²) in [7, 11) is 0. The van der Waals surface area contributed by atoms with Gasteiger partial charge in [0.15, 0.2) is 5.96 Å². The zero-order valence-electron chi connectivity index (χ0n) is 18.7. The van der Waals surface area contributed by atoms with E-state index in [0.717, 1.165) is 51.5 Å². The lowest BCUT2D eigenvalue weighted by atomic mass is 9.54. The molecule has 5 fully saturated rings. The van der Waals surface area contributed by atoms with Crippen LogP contribution in [0.3, 0.4) is 0 Å². The quantitative estimate of drug-likeness (QED) is 0.546. The lowest BCUT2D eigenvalue weighted by Crippen LogP contribution is -2.69. The Balaban J connectivity index is 1.19. The Morgan fingerprint density at radius 1 is 1.07 bits per heavy atom. The van der Waals surface area contributed by atoms with Crippen LogP contribution in [0, 0.1) is 17.3 Å². The number of carbonyl (C=O) groups excluding carboxylic acids is 1. The summed E-state index contributed by atoms with van der Waals surface area (Å²) in [6, 6.07) is 0.803. The molecule has 2 aliphatic heterocycles. The van der Waals surface area contributed by atoms with Gasteiger partial charge in [0.2, 0.25) is 5.91 Å². The molecule has 4 unspecified atom stereocenters. The van der Waals surface area contributed by atoms with Gasteiger partial charge in [0.1, 0.15) is 0 Å². The fourth-order valence-electron chi connectivity index (χ4n) is 7.22. The monoisotopic (exact) mass is 416 g/mol. The molecule has 0 aromatic rings. The molecule has 2 N–H and O–H groups in total. The lowest BCUT2D eigenvalue weighted by molar-refractivity contribution is -0.135. The van der Waals surface area contributed by atoms with Crippen LogP contribution >= 0.6 is 0 Å². The van der Waals surface area contributed by atoms with Crippen molar-refractivity contribution < 1.29 is 9.53 Å². The summed E-state index contributed by atoms with van der Waals surface area (Å²) in [6.07, 6.45) is 13.8. The Morgan fingerprint density at radius 2 is 1.87 bits per heavy atom. The molecule has 3 aliphatic carbocycles. The number of likely N-dealkylation sites (tertiary alicyclic amines) is 1. The molecule has 6 nitrogen and oxygen atoms in total. The first-order valence-corrected chi connectivity index (χ1v) is 12.7. The minimum absolute atomic E-state index is 0.274. The third-order valence-electron chi connectivity index (χ3n) is 8.69. The number of nitrogens with one attached hydrogen (secondary N) is 2. The number of rotatable bonds is 4. The van der Waals surface area contributed by atoms with Crippen molar-refractivity contribution in [3.05, 3.63) is 0 Å². The van der Waals surface area contributed by atoms with E-state index in [1.54, 1.807) is 0 Å². The van der Waals surface area contributed by atoms with Crippen molar-refractivity contribution in [2.24, 2.45) is 22.2 Å². The van der Waals surface area contributed by atoms with Crippen LogP contribution in [0.5, 0.6) is 0 Å². The Labute approximate surface area is 181 Å². The van der Waals surface area contributed by atoms with E-state index in [1.807, 2.05) is 0 Å². The SMILES string of the molecule is CCN=C(NC1CCN(C(=O)C2CCCCC2)C1)NC1C2CCOC2C12CCCC2. The maximum atomic E-state index is 12.9. The Kier molecular flexibility index (Phi) is 5.96. The van der Waals surface area contributed by atoms with Gasteiger partial charge in [-0.15, -0.1) is 0 Å². The van der Waals surface area contributed by atoms with E-state index in [1.165, 1.54) is 51.4 Å². The molecule has 0 bridgehead atoms. The van der Waals surface area contributed by atoms with Gasteiger partial charge in [0.25, 0.3) is 0 Å². The number of ether oxygens (including phenoxy) is 1. The van der Waals surface area contributed by atoms with Crippen LogP contribution in [0.25, 0.3) is 0 Å². The van der Waals surface area contributed by atoms with Gasteiger partial charge in [-0.25, -0.2) is 0 Å². The molecule has 0 aromatic heterocycles. The first-order valence-electron chi connectivity index (χ1n) is 12.7. The normalized spacial score (nSPS) is 36.0. The number of hydrogen-bond acceptors (Lipinski definition) is 3. The predicted molar refractivity (Wildman–Crippen MR) is 118 cm³/mol. The average Bonchev–Trinajstić information content (AvgIpc) is 3.52. The highest BCUT2D eigenvalue weighted by Crippen LogP contribution is 2.60. The predicted octanol–water partition coefficient (Wildman–Crippen LogP) is 3.07. The van der Waals surface area contributed by atoms with Crippen LogP contribution < -0.4 is 10.6 Å². The van der Waals surface area contributed by atoms with Crippen LogP contribution in [0.2, 0.25) is 0 Å². The minimum Gasteiger partial charge on any atom is -0.377 e. The molecule has 6 heteroatoms. The molecule has 5 aliphatic rings. The van der Waals surface area contributed by atoms with Crippen LogP contribution in [0.15, 0.2) is 4.99 Å². The van der Waals surface area contributed by atoms with Crippen molar-refractivity contribution in [3.8, 4) is 0 Å². The molecule has 0 radical (unpaired) electrons. The molecular formula is C24H40N4O2. The van der Waals surface area contributed by atoms with Gasteiger partial charge < -0.3 is 20.3 Å². The van der Waals surface area contributed by atoms with E-state index in [4.69, 9.17) is 9.73 Å². The fraction of sp³-hybridized carbons (Fsp3) is 0.917. The number of amides is 1. The van der Waals surface area contributed by atoms with Crippen molar-refractivity contribution in [2.75, 3.05) is 26.2 Å². The molecule has 5 rings (SSSR count). The summed E-state index contributed by atoms with van der Waals surface area (Å²) in [4.78, 5) is 19.8. The fourth-order valence-corrected chi connectivity index (χ4v) is 7.22. The summed E-state index contributed by atoms with van der Waals surface area (Å²) in [5.74, 6) is 2.27. The van der Waals surface area contributed by atoms with Crippen molar-refractivity contribution in [1.29, 1.82) is 0 Å². The number of carbonyl (C=O) groups is 1. The molecule has 168 valence electrons. The van der Waals surface area contributed by atoms with Crippen LogP contribution in [0.1, 0.15) is 77.6 Å². The molecule has 4 atom stereocenters. The van der Waals surface area contributed by atoms with Crippen LogP contribution in [-0.4, -0.2) is 61.2 Å². The third-order valence-corrected chi connectivity index (χ3v) is 8.69. The Bertz CT molecular complexity index is 654. The molecule has 1 spiro atoms. The summed E-state index contributed by atoms with van der Waals surface area (Å²) in [6.45, 7) is 5.51. The smallest absolute Gasteiger partial charge is 0.225 e. The van der Waals surface area contributed by atoms with Crippen LogP contribution in [0.4, 0.5) is 0 Å². The first kappa shape index (κ1) is 20.6. The van der Waals surface area contributed by atoms with E-state index >= 15 is 0 Å². The van der Waals surface area contributed by atoms with Crippen molar-refractivity contribution in [1.82, 2.24) is 15.5 Å². The summed E-state index contributed by atoms with van der Waals surface area (Å²) in [5, 5.41) is 7.54. The molecule has 0 aromatic carbocycles. The molecule has 2 saturated heterocycles. The topological polar surface area (TPSA) is 66.0 Å². The number of aliphatic imine (C=N–C) groups is 1. The van der Waals surface area contributed by atoms with Crippen molar-refractivity contribution in [3.63, 3.8) is 0 Å². The lowest BCUT2D eigenvalue weighted by Gasteiger charge is -2.57. The highest BCUT2D eigenvalue weighted by atomic mass is 16.5. The number of fused-ring (bicyclic) bond motifs is 2. The second kappa shape index (κ2) is 8.68. The molecule has 30 heavy (non-hydrogen) atoms. The van der Waals surface area contributed by atoms with Gasteiger partial charge in [-0.3, -0.25) is 9.79 Å². The second-order valence-electron chi connectivity index (χ2n) is 10.4. The zero-order chi connectivity index (χ0) is 20.6. The van der Waals surface area contributed by atoms with E-state index in [9.17, 15) is 4.79 Å². The molecule has 1 amide bonds. The highest BCUT2D eigenvalue weighted by Gasteiger charge is 2.65. The Morgan fingerprint density at radius 3 is 2.63 bits per heavy atom. The summed E-state index contributed by atoms with van der Waals surface area (Å²) >= 11 is 0. The van der Waals surface area contributed by atoms with Gasteiger partial charge in [-0.2, -0.15) is 0 Å². The minimum atomic E-state index is 0.274. The standard InChI is InChI=1S/C24H40N4O2/c1-2-25-23(27-20-19-11-15-30-21(19)24(20)12-6-7-13-24)26-18-10-14-28(16-18)22(29)17-8-4-3-5-9-17/h17-21H,2-16H2,1H3,(H2,25,26,27). The molecular weight excluding hydrogens is 376 g/mol. The maximum Gasteiger partial charge on any atom is 0.225 e.